The van der Waals surface area contributed by atoms with Gasteiger partial charge in [-0.3, -0.25) is 0 Å². The number of hydrogen-bond acceptors (Lipinski definition) is 4. The summed E-state index contributed by atoms with van der Waals surface area (Å²) in [6, 6.07) is 5.01. The van der Waals surface area contributed by atoms with Gasteiger partial charge in [0.1, 0.15) is 0 Å². The van der Waals surface area contributed by atoms with E-state index in [4.69, 9.17) is 26.4 Å². The van der Waals surface area contributed by atoms with Gasteiger partial charge in [0.15, 0.2) is 16.6 Å². The summed E-state index contributed by atoms with van der Waals surface area (Å²) in [5.41, 5.74) is 1.07. The van der Waals surface area contributed by atoms with Crippen LogP contribution in [0.2, 0.25) is 0 Å². The Morgan fingerprint density at radius 1 is 0.963 bits per heavy atom. The topological polar surface area (TPSA) is 43.0 Å². The molecule has 0 unspecified atom stereocenters. The van der Waals surface area contributed by atoms with Crippen molar-refractivity contribution in [2.75, 3.05) is 21.3 Å². The Labute approximate surface area is 168 Å². The Kier molecular flexibility index (Phi) is 7.05. The first-order valence-corrected chi connectivity index (χ1v) is 10.4. The number of benzene rings is 1. The number of ether oxygens (including phenoxy) is 3. The van der Waals surface area contributed by atoms with E-state index in [2.05, 4.69) is 16.3 Å². The lowest BCUT2D eigenvalue weighted by Crippen LogP contribution is -2.47. The lowest BCUT2D eigenvalue weighted by Gasteiger charge is -2.33. The predicted molar refractivity (Wildman–Crippen MR) is 112 cm³/mol. The maximum Gasteiger partial charge on any atom is 0.203 e. The van der Waals surface area contributed by atoms with Gasteiger partial charge in [-0.2, -0.15) is 0 Å². The summed E-state index contributed by atoms with van der Waals surface area (Å²) in [5.74, 6) is 2.04. The highest BCUT2D eigenvalue weighted by molar-refractivity contribution is 7.80. The van der Waals surface area contributed by atoms with Gasteiger partial charge in [-0.25, -0.2) is 0 Å². The summed E-state index contributed by atoms with van der Waals surface area (Å²) >= 11 is 5.86. The first kappa shape index (κ1) is 20.1. The Balaban J connectivity index is 1.83. The van der Waals surface area contributed by atoms with Crippen LogP contribution in [0.3, 0.4) is 0 Å². The number of nitrogens with zero attached hydrogens (tertiary/aromatic N) is 1. The Hall–Kier alpha value is -1.69. The summed E-state index contributed by atoms with van der Waals surface area (Å²) in [4.78, 5) is 2.37. The number of methoxy groups -OCH3 is 3. The van der Waals surface area contributed by atoms with Crippen LogP contribution in [0.15, 0.2) is 12.1 Å². The molecule has 27 heavy (non-hydrogen) atoms. The highest BCUT2D eigenvalue weighted by atomic mass is 32.1. The van der Waals surface area contributed by atoms with Crippen LogP contribution >= 0.6 is 12.2 Å². The van der Waals surface area contributed by atoms with Gasteiger partial charge in [0.05, 0.1) is 21.3 Å². The molecule has 0 heterocycles. The van der Waals surface area contributed by atoms with Gasteiger partial charge in [-0.1, -0.05) is 25.7 Å². The summed E-state index contributed by atoms with van der Waals surface area (Å²) in [6.45, 7) is 0.715. The molecule has 0 bridgehead atoms. The molecule has 1 aromatic carbocycles. The Morgan fingerprint density at radius 2 is 1.59 bits per heavy atom. The minimum absolute atomic E-state index is 0.490. The van der Waals surface area contributed by atoms with E-state index in [9.17, 15) is 0 Å². The molecule has 1 aromatic rings. The molecule has 2 aliphatic rings. The monoisotopic (exact) mass is 392 g/mol. The van der Waals surface area contributed by atoms with E-state index in [1.807, 2.05) is 6.07 Å². The zero-order valence-corrected chi connectivity index (χ0v) is 17.6. The van der Waals surface area contributed by atoms with Crippen molar-refractivity contribution in [3.05, 3.63) is 17.7 Å². The van der Waals surface area contributed by atoms with Crippen molar-refractivity contribution in [3.8, 4) is 17.2 Å². The molecule has 0 aromatic heterocycles. The van der Waals surface area contributed by atoms with Crippen LogP contribution in [0.1, 0.15) is 56.9 Å². The molecule has 150 valence electrons. The molecule has 5 nitrogen and oxygen atoms in total. The zero-order valence-electron chi connectivity index (χ0n) is 16.8. The molecule has 2 saturated carbocycles. The molecule has 2 fully saturated rings. The minimum Gasteiger partial charge on any atom is -0.493 e. The van der Waals surface area contributed by atoms with Gasteiger partial charge in [-0.15, -0.1) is 0 Å². The summed E-state index contributed by atoms with van der Waals surface area (Å²) in [7, 11) is 4.96. The van der Waals surface area contributed by atoms with Crippen LogP contribution < -0.4 is 19.5 Å². The smallest absolute Gasteiger partial charge is 0.203 e. The average molecular weight is 393 g/mol. The lowest BCUT2D eigenvalue weighted by atomic mass is 10.1. The first-order chi connectivity index (χ1) is 13.2. The summed E-state index contributed by atoms with van der Waals surface area (Å²) < 4.78 is 16.7. The van der Waals surface area contributed by atoms with E-state index < -0.39 is 0 Å². The van der Waals surface area contributed by atoms with Gasteiger partial charge in [-0.05, 0) is 50.0 Å². The number of nitrogens with one attached hydrogen (secondary N) is 1. The van der Waals surface area contributed by atoms with E-state index in [0.717, 1.165) is 16.4 Å². The second kappa shape index (κ2) is 9.49. The van der Waals surface area contributed by atoms with Gasteiger partial charge >= 0.3 is 0 Å². The van der Waals surface area contributed by atoms with Crippen LogP contribution in [0.5, 0.6) is 17.2 Å². The quantitative estimate of drug-likeness (QED) is 0.699. The second-order valence-electron chi connectivity index (χ2n) is 7.49. The van der Waals surface area contributed by atoms with Crippen LogP contribution in [-0.2, 0) is 6.54 Å². The molecule has 0 amide bonds. The molecular formula is C21H32N2O3S. The fourth-order valence-electron chi connectivity index (χ4n) is 4.38. The largest absolute Gasteiger partial charge is 0.493 e. The maximum atomic E-state index is 5.86. The minimum atomic E-state index is 0.490. The van der Waals surface area contributed by atoms with E-state index in [0.29, 0.717) is 30.1 Å². The fourth-order valence-corrected chi connectivity index (χ4v) is 4.76. The van der Waals surface area contributed by atoms with Gasteiger partial charge in [0.2, 0.25) is 5.75 Å². The van der Waals surface area contributed by atoms with Gasteiger partial charge in [0, 0.05) is 24.2 Å². The van der Waals surface area contributed by atoms with Crippen molar-refractivity contribution in [1.29, 1.82) is 0 Å². The highest BCUT2D eigenvalue weighted by Crippen LogP contribution is 2.40. The molecule has 2 aliphatic carbocycles. The van der Waals surface area contributed by atoms with E-state index in [1.54, 1.807) is 21.3 Å². The molecule has 0 saturated heterocycles. The van der Waals surface area contributed by atoms with Crippen molar-refractivity contribution >= 4 is 17.3 Å². The molecule has 0 spiro atoms. The Bertz CT molecular complexity index is 641. The predicted octanol–water partition coefficient (Wildman–Crippen LogP) is 4.27. The normalized spacial score (nSPS) is 17.7. The molecule has 6 heteroatoms. The van der Waals surface area contributed by atoms with E-state index in [1.165, 1.54) is 51.4 Å². The standard InChI is InChI=1S/C21H32N2O3S/c1-24-18-13-12-15(19(25-2)20(18)26-3)14-23(17-10-6-7-11-17)21(27)22-16-8-4-5-9-16/h12-13,16-17H,4-11,14H2,1-3H3,(H,22,27). The SMILES string of the molecule is COc1ccc(CN(C(=S)NC2CCCC2)C2CCCC2)c(OC)c1OC. The van der Waals surface area contributed by atoms with Gasteiger partial charge < -0.3 is 24.4 Å². The molecular weight excluding hydrogens is 360 g/mol. The maximum absolute atomic E-state index is 5.86. The van der Waals surface area contributed by atoms with Crippen LogP contribution in [-0.4, -0.2) is 43.4 Å². The van der Waals surface area contributed by atoms with Crippen LogP contribution in [0.25, 0.3) is 0 Å². The van der Waals surface area contributed by atoms with Crippen molar-refractivity contribution in [1.82, 2.24) is 10.2 Å². The van der Waals surface area contributed by atoms with Crippen molar-refractivity contribution in [2.45, 2.75) is 70.0 Å². The molecule has 0 aliphatic heterocycles. The van der Waals surface area contributed by atoms with E-state index in [-0.39, 0.29) is 0 Å². The number of thiocarbonyl (C=S) groups is 1. The average Bonchev–Trinajstić information content (AvgIpc) is 3.39. The first-order valence-electron chi connectivity index (χ1n) is 10.0. The number of rotatable bonds is 7. The van der Waals surface area contributed by atoms with Crippen molar-refractivity contribution in [2.24, 2.45) is 0 Å². The van der Waals surface area contributed by atoms with Gasteiger partial charge in [0.25, 0.3) is 0 Å². The second-order valence-corrected chi connectivity index (χ2v) is 7.88. The highest BCUT2D eigenvalue weighted by Gasteiger charge is 2.28. The number of hydrogen-bond donors (Lipinski definition) is 1. The third-order valence-corrected chi connectivity index (χ3v) is 6.19. The third kappa shape index (κ3) is 4.60. The molecule has 0 radical (unpaired) electrons. The third-order valence-electron chi connectivity index (χ3n) is 5.84. The zero-order chi connectivity index (χ0) is 19.2. The van der Waals surface area contributed by atoms with Crippen LogP contribution in [0.4, 0.5) is 0 Å². The fraction of sp³-hybridized carbons (Fsp3) is 0.667. The summed E-state index contributed by atoms with van der Waals surface area (Å²) in [6.07, 6.45) is 9.98. The lowest BCUT2D eigenvalue weighted by molar-refractivity contribution is 0.286. The molecule has 0 atom stereocenters. The van der Waals surface area contributed by atoms with Crippen molar-refractivity contribution in [3.63, 3.8) is 0 Å². The Morgan fingerprint density at radius 3 is 2.19 bits per heavy atom. The molecule has 1 N–H and O–H groups in total. The summed E-state index contributed by atoms with van der Waals surface area (Å²) in [5, 5.41) is 4.51. The molecule has 3 rings (SSSR count). The van der Waals surface area contributed by atoms with E-state index >= 15 is 0 Å². The van der Waals surface area contributed by atoms with Crippen LogP contribution in [0, 0.1) is 0 Å². The van der Waals surface area contributed by atoms with Crippen molar-refractivity contribution < 1.29 is 14.2 Å².